The molecule has 0 spiro atoms. The van der Waals surface area contributed by atoms with E-state index in [1.807, 2.05) is 0 Å². The van der Waals surface area contributed by atoms with E-state index in [0.717, 1.165) is 18.2 Å². The van der Waals surface area contributed by atoms with Crippen LogP contribution in [-0.2, 0) is 37.9 Å². The van der Waals surface area contributed by atoms with Gasteiger partial charge >= 0.3 is 11.9 Å². The highest BCUT2D eigenvalue weighted by Crippen LogP contribution is 2.14. The molecule has 0 aliphatic heterocycles. The average Bonchev–Trinajstić information content (AvgIpc) is 2.96. The number of hydrogen-bond donors (Lipinski definition) is 2. The quantitative estimate of drug-likeness (QED) is 0.139. The van der Waals surface area contributed by atoms with Crippen LogP contribution < -0.4 is 0 Å². The van der Waals surface area contributed by atoms with Crippen molar-refractivity contribution < 1.29 is 62.5 Å². The van der Waals surface area contributed by atoms with Gasteiger partial charge in [0.1, 0.15) is 0 Å². The molecule has 14 nitrogen and oxygen atoms in total. The van der Waals surface area contributed by atoms with E-state index >= 15 is 0 Å². The molecule has 0 fully saturated rings. The van der Waals surface area contributed by atoms with Crippen LogP contribution in [0.5, 0.6) is 0 Å². The summed E-state index contributed by atoms with van der Waals surface area (Å²) in [5.74, 6) is -3.22. The zero-order valence-corrected chi connectivity index (χ0v) is 23.9. The van der Waals surface area contributed by atoms with Crippen molar-refractivity contribution in [1.82, 2.24) is 4.90 Å². The minimum Gasteiger partial charge on any atom is -0.478 e. The minimum atomic E-state index is -1.34. The molecule has 0 aromatic heterocycles. The van der Waals surface area contributed by atoms with Gasteiger partial charge in [-0.1, -0.05) is 0 Å². The Morgan fingerprint density at radius 3 is 1.12 bits per heavy atom. The van der Waals surface area contributed by atoms with Gasteiger partial charge in [-0.2, -0.15) is 0 Å². The summed E-state index contributed by atoms with van der Waals surface area (Å²) >= 11 is 0. The van der Waals surface area contributed by atoms with E-state index in [9.17, 15) is 24.6 Å². The molecule has 0 saturated carbocycles. The molecule has 1 aromatic carbocycles. The number of carboxylic acids is 2. The largest absolute Gasteiger partial charge is 0.478 e. The van der Waals surface area contributed by atoms with E-state index in [4.69, 9.17) is 37.9 Å². The van der Waals surface area contributed by atoms with E-state index in [-0.39, 0.29) is 43.0 Å². The second-order valence-electron chi connectivity index (χ2n) is 8.36. The first kappa shape index (κ1) is 36.3. The van der Waals surface area contributed by atoms with Crippen molar-refractivity contribution >= 4 is 17.8 Å². The molecular formula is C27H43NO13. The third kappa shape index (κ3) is 17.7. The molecule has 234 valence electrons. The van der Waals surface area contributed by atoms with E-state index in [2.05, 4.69) is 0 Å². The molecular weight excluding hydrogens is 546 g/mol. The smallest absolute Gasteiger partial charge is 0.335 e. The normalized spacial score (nSPS) is 11.1. The van der Waals surface area contributed by atoms with Crippen LogP contribution in [0.1, 0.15) is 31.1 Å². The van der Waals surface area contributed by atoms with E-state index in [1.54, 1.807) is 14.2 Å². The number of ether oxygens (including phenoxy) is 8. The van der Waals surface area contributed by atoms with Crippen molar-refractivity contribution in [1.29, 1.82) is 0 Å². The highest BCUT2D eigenvalue weighted by molar-refractivity contribution is 6.01. The van der Waals surface area contributed by atoms with Crippen molar-refractivity contribution in [2.45, 2.75) is 0 Å². The zero-order valence-electron chi connectivity index (χ0n) is 23.9. The van der Waals surface area contributed by atoms with Gasteiger partial charge in [0.2, 0.25) is 0 Å². The second-order valence-corrected chi connectivity index (χ2v) is 8.36. The van der Waals surface area contributed by atoms with E-state index < -0.39 is 17.8 Å². The van der Waals surface area contributed by atoms with Crippen molar-refractivity contribution in [3.8, 4) is 0 Å². The number of benzene rings is 1. The fourth-order valence-corrected chi connectivity index (χ4v) is 3.21. The molecule has 1 aromatic rings. The zero-order chi connectivity index (χ0) is 30.1. The van der Waals surface area contributed by atoms with Gasteiger partial charge in [0.25, 0.3) is 5.91 Å². The molecule has 0 unspecified atom stereocenters. The Bertz CT molecular complexity index is 809. The average molecular weight is 590 g/mol. The topological polar surface area (TPSA) is 169 Å². The standard InChI is InChI=1S/C27H43NO13/c1-34-7-9-38-15-17-40-13-11-36-5-3-28(4-6-37-12-14-41-18-16-39-10-8-35-2)25(29)22-19-23(26(30)31)21-24(20-22)27(32)33/h19-21H,3-18H2,1-2H3,(H,30,31)(H,32,33). The van der Waals surface area contributed by atoms with Crippen LogP contribution in [0.15, 0.2) is 18.2 Å². The summed E-state index contributed by atoms with van der Waals surface area (Å²) in [4.78, 5) is 37.6. The van der Waals surface area contributed by atoms with Gasteiger partial charge in [-0.15, -0.1) is 0 Å². The summed E-state index contributed by atoms with van der Waals surface area (Å²) < 4.78 is 42.4. The van der Waals surface area contributed by atoms with Crippen molar-refractivity contribution in [3.63, 3.8) is 0 Å². The van der Waals surface area contributed by atoms with Crippen molar-refractivity contribution in [2.75, 3.05) is 120 Å². The van der Waals surface area contributed by atoms with Crippen molar-refractivity contribution in [2.24, 2.45) is 0 Å². The van der Waals surface area contributed by atoms with Gasteiger partial charge in [-0.3, -0.25) is 4.79 Å². The van der Waals surface area contributed by atoms with Crippen molar-refractivity contribution in [3.05, 3.63) is 34.9 Å². The summed E-state index contributed by atoms with van der Waals surface area (Å²) in [5.41, 5.74) is -0.657. The van der Waals surface area contributed by atoms with Gasteiger partial charge in [0, 0.05) is 32.9 Å². The molecule has 1 amide bonds. The maximum atomic E-state index is 13.3. The Hall–Kier alpha value is -2.69. The predicted molar refractivity (Wildman–Crippen MR) is 145 cm³/mol. The number of methoxy groups -OCH3 is 2. The number of carbonyl (C=O) groups excluding carboxylic acids is 1. The lowest BCUT2D eigenvalue weighted by atomic mass is 10.0. The molecule has 0 heterocycles. The van der Waals surface area contributed by atoms with Gasteiger partial charge in [0.05, 0.1) is 104 Å². The summed E-state index contributed by atoms with van der Waals surface area (Å²) in [5, 5.41) is 18.7. The number of nitrogens with zero attached hydrogens (tertiary/aromatic N) is 1. The summed E-state index contributed by atoms with van der Waals surface area (Å²) in [6.45, 7) is 5.64. The Morgan fingerprint density at radius 2 is 0.805 bits per heavy atom. The first-order chi connectivity index (χ1) is 19.9. The second kappa shape index (κ2) is 24.0. The fourth-order valence-electron chi connectivity index (χ4n) is 3.21. The van der Waals surface area contributed by atoms with Gasteiger partial charge in [0.15, 0.2) is 0 Å². The summed E-state index contributed by atoms with van der Waals surface area (Å²) in [6.07, 6.45) is 0. The van der Waals surface area contributed by atoms with E-state index in [1.165, 1.54) is 4.90 Å². The maximum absolute atomic E-state index is 13.3. The fraction of sp³-hybridized carbons (Fsp3) is 0.667. The van der Waals surface area contributed by atoms with Gasteiger partial charge < -0.3 is 53.0 Å². The van der Waals surface area contributed by atoms with Crippen LogP contribution in [0.4, 0.5) is 0 Å². The van der Waals surface area contributed by atoms with Crippen LogP contribution in [0, 0.1) is 0 Å². The maximum Gasteiger partial charge on any atom is 0.335 e. The first-order valence-electron chi connectivity index (χ1n) is 13.3. The molecule has 0 aliphatic carbocycles. The molecule has 0 bridgehead atoms. The third-order valence-electron chi connectivity index (χ3n) is 5.32. The van der Waals surface area contributed by atoms with Crippen LogP contribution >= 0.6 is 0 Å². The summed E-state index contributed by atoms with van der Waals surface area (Å²) in [6, 6.07) is 3.30. The third-order valence-corrected chi connectivity index (χ3v) is 5.32. The number of carboxylic acid groups (broad SMARTS) is 2. The lowest BCUT2D eigenvalue weighted by Crippen LogP contribution is -2.37. The number of amides is 1. The highest BCUT2D eigenvalue weighted by Gasteiger charge is 2.20. The minimum absolute atomic E-state index is 0.0593. The van der Waals surface area contributed by atoms with Gasteiger partial charge in [-0.25, -0.2) is 9.59 Å². The highest BCUT2D eigenvalue weighted by atomic mass is 16.6. The number of rotatable bonds is 27. The number of carbonyl (C=O) groups is 3. The SMILES string of the molecule is COCCOCCOCCOCCN(CCOCCOCCOCCOC)C(=O)c1cc(C(=O)O)cc(C(=O)O)c1. The molecule has 1 rings (SSSR count). The van der Waals surface area contributed by atoms with E-state index in [0.29, 0.717) is 79.3 Å². The first-order valence-corrected chi connectivity index (χ1v) is 13.3. The molecule has 41 heavy (non-hydrogen) atoms. The molecule has 14 heteroatoms. The molecule has 0 aliphatic rings. The summed E-state index contributed by atoms with van der Waals surface area (Å²) in [7, 11) is 3.19. The van der Waals surface area contributed by atoms with Crippen LogP contribution in [0.2, 0.25) is 0 Å². The number of hydrogen-bond acceptors (Lipinski definition) is 11. The predicted octanol–water partition coefficient (Wildman–Crippen LogP) is 0.918. The lowest BCUT2D eigenvalue weighted by molar-refractivity contribution is -0.00408. The molecule has 0 saturated heterocycles. The number of aromatic carboxylic acids is 2. The Balaban J connectivity index is 2.56. The van der Waals surface area contributed by atoms with Gasteiger partial charge in [-0.05, 0) is 18.2 Å². The Kier molecular flexibility index (Phi) is 21.2. The molecule has 0 radical (unpaired) electrons. The Labute approximate surface area is 240 Å². The Morgan fingerprint density at radius 1 is 0.512 bits per heavy atom. The lowest BCUT2D eigenvalue weighted by Gasteiger charge is -2.23. The van der Waals surface area contributed by atoms with Crippen LogP contribution in [0.3, 0.4) is 0 Å². The monoisotopic (exact) mass is 589 g/mol. The molecule has 2 N–H and O–H groups in total. The molecule has 0 atom stereocenters. The van der Waals surface area contributed by atoms with Crippen LogP contribution in [0.25, 0.3) is 0 Å². The van der Waals surface area contributed by atoms with Crippen LogP contribution in [-0.4, -0.2) is 153 Å².